The van der Waals surface area contributed by atoms with Crippen LogP contribution in [0.4, 0.5) is 0 Å². The number of phenolic OH excluding ortho intramolecular Hbond substituents is 1. The van der Waals surface area contributed by atoms with E-state index in [1.54, 1.807) is 12.1 Å². The Kier molecular flexibility index (Phi) is 5.19. The molecule has 0 spiro atoms. The highest BCUT2D eigenvalue weighted by Gasteiger charge is 2.10. The third kappa shape index (κ3) is 4.39. The average Bonchev–Trinajstić information content (AvgIpc) is 2.46. The van der Waals surface area contributed by atoms with Crippen molar-refractivity contribution in [2.24, 2.45) is 0 Å². The Labute approximate surface area is 121 Å². The fourth-order valence-corrected chi connectivity index (χ4v) is 2.27. The first kappa shape index (κ1) is 14.6. The second-order valence-electron chi connectivity index (χ2n) is 5.47. The lowest BCUT2D eigenvalue weighted by molar-refractivity contribution is 0.215. The molecule has 0 heterocycles. The van der Waals surface area contributed by atoms with Gasteiger partial charge in [-0.3, -0.25) is 4.90 Å². The second kappa shape index (κ2) is 7.11. The molecule has 0 unspecified atom stereocenters. The van der Waals surface area contributed by atoms with Gasteiger partial charge in [0.15, 0.2) is 0 Å². The molecular formula is C18H23NO. The van der Waals surface area contributed by atoms with Crippen LogP contribution in [0.1, 0.15) is 25.0 Å². The summed E-state index contributed by atoms with van der Waals surface area (Å²) < 4.78 is 0. The molecular weight excluding hydrogens is 246 g/mol. The Bertz CT molecular complexity index is 505. The summed E-state index contributed by atoms with van der Waals surface area (Å²) in [6.45, 7) is 6.48. The van der Waals surface area contributed by atoms with Crippen LogP contribution >= 0.6 is 0 Å². The molecule has 0 bridgehead atoms. The molecule has 20 heavy (non-hydrogen) atoms. The van der Waals surface area contributed by atoms with E-state index in [9.17, 15) is 5.11 Å². The molecule has 2 nitrogen and oxygen atoms in total. The molecule has 0 aromatic heterocycles. The van der Waals surface area contributed by atoms with Crippen LogP contribution in [0.25, 0.3) is 0 Å². The molecule has 1 N–H and O–H groups in total. The van der Waals surface area contributed by atoms with Crippen LogP contribution in [-0.4, -0.2) is 22.6 Å². The maximum Gasteiger partial charge on any atom is 0.115 e. The monoisotopic (exact) mass is 269 g/mol. The van der Waals surface area contributed by atoms with Gasteiger partial charge >= 0.3 is 0 Å². The van der Waals surface area contributed by atoms with Gasteiger partial charge in [0.2, 0.25) is 0 Å². The van der Waals surface area contributed by atoms with Gasteiger partial charge in [-0.15, -0.1) is 0 Å². The molecule has 0 fully saturated rings. The number of nitrogens with zero attached hydrogens (tertiary/aromatic N) is 1. The molecule has 2 rings (SSSR count). The lowest BCUT2D eigenvalue weighted by Crippen LogP contribution is -2.32. The Balaban J connectivity index is 1.94. The van der Waals surface area contributed by atoms with Gasteiger partial charge in [-0.1, -0.05) is 42.5 Å². The van der Waals surface area contributed by atoms with Crippen molar-refractivity contribution in [1.82, 2.24) is 4.90 Å². The first-order valence-corrected chi connectivity index (χ1v) is 7.21. The van der Waals surface area contributed by atoms with Crippen LogP contribution in [0.2, 0.25) is 0 Å². The first-order chi connectivity index (χ1) is 9.65. The third-order valence-electron chi connectivity index (χ3n) is 3.58. The molecule has 0 aliphatic carbocycles. The Morgan fingerprint density at radius 1 is 0.900 bits per heavy atom. The first-order valence-electron chi connectivity index (χ1n) is 7.21. The number of benzene rings is 2. The summed E-state index contributed by atoms with van der Waals surface area (Å²) >= 11 is 0. The van der Waals surface area contributed by atoms with Crippen LogP contribution in [0.15, 0.2) is 54.6 Å². The summed E-state index contributed by atoms with van der Waals surface area (Å²) in [5, 5.41) is 9.31. The number of hydrogen-bond acceptors (Lipinski definition) is 2. The summed E-state index contributed by atoms with van der Waals surface area (Å²) in [5.74, 6) is 0.332. The summed E-state index contributed by atoms with van der Waals surface area (Å²) in [6, 6.07) is 18.6. The van der Waals surface area contributed by atoms with E-state index in [0.29, 0.717) is 11.8 Å². The third-order valence-corrected chi connectivity index (χ3v) is 3.58. The molecule has 0 saturated heterocycles. The number of rotatable bonds is 6. The van der Waals surface area contributed by atoms with E-state index >= 15 is 0 Å². The lowest BCUT2D eigenvalue weighted by atomic mass is 10.1. The molecule has 0 atom stereocenters. The van der Waals surface area contributed by atoms with Crippen LogP contribution in [-0.2, 0) is 13.0 Å². The predicted octanol–water partition coefficient (Wildman–Crippen LogP) is 3.85. The minimum Gasteiger partial charge on any atom is -0.508 e. The normalized spacial score (nSPS) is 11.2. The van der Waals surface area contributed by atoms with Crippen molar-refractivity contribution in [3.05, 3.63) is 65.7 Å². The van der Waals surface area contributed by atoms with E-state index in [1.807, 2.05) is 12.1 Å². The Hall–Kier alpha value is -1.80. The molecule has 0 aliphatic rings. The van der Waals surface area contributed by atoms with Crippen LogP contribution in [0, 0.1) is 0 Å². The van der Waals surface area contributed by atoms with E-state index < -0.39 is 0 Å². The number of phenols is 1. The molecule has 2 aromatic carbocycles. The zero-order chi connectivity index (χ0) is 14.4. The highest BCUT2D eigenvalue weighted by molar-refractivity contribution is 5.26. The number of hydrogen-bond donors (Lipinski definition) is 1. The summed E-state index contributed by atoms with van der Waals surface area (Å²) in [7, 11) is 0. The zero-order valence-corrected chi connectivity index (χ0v) is 12.3. The number of aromatic hydroxyl groups is 1. The topological polar surface area (TPSA) is 23.5 Å². The van der Waals surface area contributed by atoms with E-state index in [2.05, 4.69) is 49.1 Å². The maximum atomic E-state index is 9.31. The van der Waals surface area contributed by atoms with Crippen molar-refractivity contribution in [2.45, 2.75) is 32.9 Å². The maximum absolute atomic E-state index is 9.31. The molecule has 0 radical (unpaired) electrons. The SMILES string of the molecule is CC(C)N(CCc1ccc(O)cc1)Cc1ccccc1. The van der Waals surface area contributed by atoms with Gasteiger partial charge in [0.25, 0.3) is 0 Å². The molecule has 0 aliphatic heterocycles. The van der Waals surface area contributed by atoms with Crippen molar-refractivity contribution in [2.75, 3.05) is 6.54 Å². The van der Waals surface area contributed by atoms with E-state index in [0.717, 1.165) is 19.5 Å². The standard InChI is InChI=1S/C18H23NO/c1-15(2)19(14-17-6-4-3-5-7-17)13-12-16-8-10-18(20)11-9-16/h3-11,15,20H,12-14H2,1-2H3. The van der Waals surface area contributed by atoms with Gasteiger partial charge < -0.3 is 5.11 Å². The Morgan fingerprint density at radius 2 is 1.55 bits per heavy atom. The average molecular weight is 269 g/mol. The summed E-state index contributed by atoms with van der Waals surface area (Å²) in [4.78, 5) is 2.47. The fourth-order valence-electron chi connectivity index (χ4n) is 2.27. The smallest absolute Gasteiger partial charge is 0.115 e. The van der Waals surface area contributed by atoms with Crippen molar-refractivity contribution in [3.8, 4) is 5.75 Å². The Morgan fingerprint density at radius 3 is 2.15 bits per heavy atom. The van der Waals surface area contributed by atoms with Gasteiger partial charge in [-0.2, -0.15) is 0 Å². The van der Waals surface area contributed by atoms with Gasteiger partial charge in [-0.05, 0) is 43.5 Å². The lowest BCUT2D eigenvalue weighted by Gasteiger charge is -2.26. The van der Waals surface area contributed by atoms with Crippen molar-refractivity contribution in [1.29, 1.82) is 0 Å². The second-order valence-corrected chi connectivity index (χ2v) is 5.47. The zero-order valence-electron chi connectivity index (χ0n) is 12.3. The molecule has 0 saturated carbocycles. The highest BCUT2D eigenvalue weighted by Crippen LogP contribution is 2.13. The molecule has 2 heteroatoms. The summed E-state index contributed by atoms with van der Waals surface area (Å²) in [6.07, 6.45) is 1.01. The van der Waals surface area contributed by atoms with Gasteiger partial charge in [0.1, 0.15) is 5.75 Å². The molecule has 106 valence electrons. The van der Waals surface area contributed by atoms with Crippen LogP contribution in [0.5, 0.6) is 5.75 Å². The van der Waals surface area contributed by atoms with Crippen molar-refractivity contribution < 1.29 is 5.11 Å². The predicted molar refractivity (Wildman–Crippen MR) is 83.8 cm³/mol. The summed E-state index contributed by atoms with van der Waals surface area (Å²) in [5.41, 5.74) is 2.62. The van der Waals surface area contributed by atoms with Gasteiger partial charge in [-0.25, -0.2) is 0 Å². The largest absolute Gasteiger partial charge is 0.508 e. The molecule has 2 aromatic rings. The molecule has 0 amide bonds. The quantitative estimate of drug-likeness (QED) is 0.861. The minimum atomic E-state index is 0.332. The van der Waals surface area contributed by atoms with Crippen molar-refractivity contribution >= 4 is 0 Å². The van der Waals surface area contributed by atoms with Crippen molar-refractivity contribution in [3.63, 3.8) is 0 Å². The van der Waals surface area contributed by atoms with Crippen LogP contribution in [0.3, 0.4) is 0 Å². The van der Waals surface area contributed by atoms with Crippen LogP contribution < -0.4 is 0 Å². The van der Waals surface area contributed by atoms with E-state index in [4.69, 9.17) is 0 Å². The highest BCUT2D eigenvalue weighted by atomic mass is 16.3. The van der Waals surface area contributed by atoms with E-state index in [1.165, 1.54) is 11.1 Å². The fraction of sp³-hybridized carbons (Fsp3) is 0.333. The van der Waals surface area contributed by atoms with Gasteiger partial charge in [0.05, 0.1) is 0 Å². The van der Waals surface area contributed by atoms with Gasteiger partial charge in [0, 0.05) is 19.1 Å². The van der Waals surface area contributed by atoms with E-state index in [-0.39, 0.29) is 0 Å². The minimum absolute atomic E-state index is 0.332.